The first kappa shape index (κ1) is 14.3. The first-order chi connectivity index (χ1) is 6.60. The molecule has 15 heavy (non-hydrogen) atoms. The molecule has 10 heteroatoms. The van der Waals surface area contributed by atoms with Gasteiger partial charge in [0.1, 0.15) is 0 Å². The number of rotatable bonds is 4. The maximum atomic E-state index is 12.4. The van der Waals surface area contributed by atoms with Crippen LogP contribution in [-0.2, 0) is 13.6 Å². The van der Waals surface area contributed by atoms with Gasteiger partial charge in [-0.3, -0.25) is 4.52 Å². The molecule has 0 radical (unpaired) electrons. The first-order valence-electron chi connectivity index (χ1n) is 3.36. The molecule has 1 unspecified atom stereocenters. The smallest absolute Gasteiger partial charge is 0.370 e. The molecule has 0 aliphatic carbocycles. The Morgan fingerprint density at radius 3 is 2.13 bits per heavy atom. The minimum absolute atomic E-state index is 0.547. The molecule has 1 atom stereocenters. The van der Waals surface area contributed by atoms with Gasteiger partial charge in [-0.2, -0.15) is 22.0 Å². The topological polar surface area (TPSA) is 35.5 Å². The summed E-state index contributed by atoms with van der Waals surface area (Å²) in [6.45, 7) is 0.575. The zero-order valence-electron chi connectivity index (χ0n) is 7.15. The fourth-order valence-electron chi connectivity index (χ4n) is 0.428. The minimum Gasteiger partial charge on any atom is -0.370 e. The van der Waals surface area contributed by atoms with E-state index < -0.39 is 32.5 Å². The van der Waals surface area contributed by atoms with Crippen LogP contribution in [0.25, 0.3) is 0 Å². The first-order valence-corrected chi connectivity index (χ1v) is 4.80. The largest absolute Gasteiger partial charge is 0.571 e. The Morgan fingerprint density at radius 1 is 1.33 bits per heavy atom. The van der Waals surface area contributed by atoms with Crippen LogP contribution in [0, 0.1) is 0 Å². The number of alkyl halides is 3. The van der Waals surface area contributed by atoms with Crippen molar-refractivity contribution in [3.8, 4) is 0 Å². The van der Waals surface area contributed by atoms with E-state index in [1.54, 1.807) is 0 Å². The van der Waals surface area contributed by atoms with Gasteiger partial charge in [-0.05, 0) is 6.92 Å². The Hall–Kier alpha value is -0.690. The van der Waals surface area contributed by atoms with Crippen molar-refractivity contribution in [1.82, 2.24) is 0 Å². The van der Waals surface area contributed by atoms with Gasteiger partial charge in [-0.25, -0.2) is 4.57 Å². The summed E-state index contributed by atoms with van der Waals surface area (Å²) >= 11 is 0. The van der Waals surface area contributed by atoms with E-state index in [4.69, 9.17) is 0 Å². The van der Waals surface area contributed by atoms with Crippen LogP contribution in [0.15, 0.2) is 11.8 Å². The molecule has 0 fully saturated rings. The number of hydrogen-bond donors (Lipinski definition) is 0. The van der Waals surface area contributed by atoms with Crippen molar-refractivity contribution in [1.29, 1.82) is 0 Å². The molecule has 0 saturated carbocycles. The van der Waals surface area contributed by atoms with Crippen molar-refractivity contribution in [3.63, 3.8) is 0 Å². The van der Waals surface area contributed by atoms with E-state index in [2.05, 4.69) is 9.05 Å². The fourth-order valence-corrected chi connectivity index (χ4v) is 1.06. The summed E-state index contributed by atoms with van der Waals surface area (Å²) in [4.78, 5) is 0. The van der Waals surface area contributed by atoms with Crippen molar-refractivity contribution in [2.45, 2.75) is 13.1 Å². The average molecular weight is 258 g/mol. The molecule has 0 spiro atoms. The molecule has 0 amide bonds. The van der Waals surface area contributed by atoms with E-state index in [0.717, 1.165) is 6.92 Å². The Morgan fingerprint density at radius 2 is 1.80 bits per heavy atom. The molecule has 0 aromatic heterocycles. The lowest BCUT2D eigenvalue weighted by Gasteiger charge is -2.09. The summed E-state index contributed by atoms with van der Waals surface area (Å²) in [7, 11) is -5.54. The maximum Gasteiger partial charge on any atom is 0.571 e. The van der Waals surface area contributed by atoms with Crippen LogP contribution in [0.1, 0.15) is 6.92 Å². The molecule has 0 aromatic carbocycles. The van der Waals surface area contributed by atoms with Crippen LogP contribution < -0.4 is 0 Å². The second-order valence-electron chi connectivity index (χ2n) is 2.03. The van der Waals surface area contributed by atoms with Crippen LogP contribution in [0.4, 0.5) is 26.1 Å². The lowest BCUT2D eigenvalue weighted by atomic mass is 10.6. The standard InChI is InChI=1S/C5H5F6O3P/c1-2-13-15(11,12)14-4(7)3(6)5(8,9)10/h2H2,1H3. The maximum absolute atomic E-state index is 12.4. The Bertz CT molecular complexity index is 298. The second-order valence-corrected chi connectivity index (χ2v) is 3.33. The van der Waals surface area contributed by atoms with E-state index in [1.807, 2.05) is 0 Å². The van der Waals surface area contributed by atoms with Crippen LogP contribution in [0.3, 0.4) is 0 Å². The van der Waals surface area contributed by atoms with Gasteiger partial charge in [0, 0.05) is 0 Å². The molecular weight excluding hydrogens is 253 g/mol. The highest BCUT2D eigenvalue weighted by atomic mass is 31.2. The van der Waals surface area contributed by atoms with Gasteiger partial charge in [0.25, 0.3) is 5.83 Å². The van der Waals surface area contributed by atoms with Crippen molar-refractivity contribution in [3.05, 3.63) is 11.8 Å². The lowest BCUT2D eigenvalue weighted by Crippen LogP contribution is -2.10. The molecule has 0 bridgehead atoms. The monoisotopic (exact) mass is 258 g/mol. The van der Waals surface area contributed by atoms with Gasteiger partial charge < -0.3 is 4.52 Å². The van der Waals surface area contributed by atoms with Crippen LogP contribution in [-0.4, -0.2) is 12.8 Å². The lowest BCUT2D eigenvalue weighted by molar-refractivity contribution is -0.114. The third-order valence-electron chi connectivity index (χ3n) is 0.894. The average Bonchev–Trinajstić information content (AvgIpc) is 1.99. The molecule has 0 heterocycles. The Kier molecular flexibility index (Phi) is 4.66. The number of halogens is 6. The van der Waals surface area contributed by atoms with Crippen LogP contribution in [0.5, 0.6) is 0 Å². The van der Waals surface area contributed by atoms with Crippen molar-refractivity contribution in [2.75, 3.05) is 6.61 Å². The SMILES string of the molecule is CCOP(=O)(F)OC(F)=C(F)C(F)(F)F. The van der Waals surface area contributed by atoms with Crippen molar-refractivity contribution < 1.29 is 39.8 Å². The van der Waals surface area contributed by atoms with E-state index in [9.17, 15) is 30.7 Å². The summed E-state index contributed by atoms with van der Waals surface area (Å²) in [5, 5.41) is 0. The quantitative estimate of drug-likeness (QED) is 0.437. The van der Waals surface area contributed by atoms with Crippen LogP contribution >= 0.6 is 7.91 Å². The molecule has 90 valence electrons. The zero-order chi connectivity index (χ0) is 12.3. The highest BCUT2D eigenvalue weighted by Crippen LogP contribution is 2.53. The van der Waals surface area contributed by atoms with Crippen molar-refractivity contribution in [2.24, 2.45) is 0 Å². The molecule has 0 aromatic rings. The third kappa shape index (κ3) is 5.08. The molecule has 0 rings (SSSR count). The fraction of sp³-hybridized carbons (Fsp3) is 0.600. The summed E-state index contributed by atoms with van der Waals surface area (Å²) in [5.41, 5.74) is 0. The van der Waals surface area contributed by atoms with E-state index in [0.29, 0.717) is 0 Å². The van der Waals surface area contributed by atoms with Gasteiger partial charge >= 0.3 is 20.1 Å². The Labute approximate surface area is 80.3 Å². The van der Waals surface area contributed by atoms with Crippen molar-refractivity contribution >= 4 is 7.91 Å². The molecule has 0 aliphatic rings. The highest BCUT2D eigenvalue weighted by molar-refractivity contribution is 7.48. The summed E-state index contributed by atoms with van der Waals surface area (Å²) in [6.07, 6.45) is -5.68. The predicted molar refractivity (Wildman–Crippen MR) is 36.7 cm³/mol. The molecule has 3 nitrogen and oxygen atoms in total. The van der Waals surface area contributed by atoms with Gasteiger partial charge in [0.2, 0.25) is 0 Å². The molecule has 0 N–H and O–H groups in total. The molecule has 0 aliphatic heterocycles. The van der Waals surface area contributed by atoms with Gasteiger partial charge in [0.05, 0.1) is 6.61 Å². The highest BCUT2D eigenvalue weighted by Gasteiger charge is 2.41. The van der Waals surface area contributed by atoms with Crippen LogP contribution in [0.2, 0.25) is 0 Å². The summed E-state index contributed by atoms with van der Waals surface area (Å²) in [5.74, 6) is -3.32. The third-order valence-corrected chi connectivity index (χ3v) is 1.84. The summed E-state index contributed by atoms with van der Waals surface area (Å²) in [6, 6.07) is -2.97. The van der Waals surface area contributed by atoms with Gasteiger partial charge in [-0.1, -0.05) is 0 Å². The second kappa shape index (κ2) is 4.89. The Balaban J connectivity index is 4.75. The normalized spacial score (nSPS) is 18.1. The molecular formula is C5H5F6O3P. The number of hydrogen-bond acceptors (Lipinski definition) is 3. The zero-order valence-corrected chi connectivity index (χ0v) is 8.04. The van der Waals surface area contributed by atoms with E-state index >= 15 is 0 Å². The van der Waals surface area contributed by atoms with Gasteiger partial charge in [0.15, 0.2) is 0 Å². The summed E-state index contributed by atoms with van der Waals surface area (Å²) < 4.78 is 87.8. The predicted octanol–water partition coefficient (Wildman–Crippen LogP) is 3.79. The number of allylic oxidation sites excluding steroid dienone is 1. The molecule has 0 saturated heterocycles. The minimum atomic E-state index is -5.68. The van der Waals surface area contributed by atoms with Gasteiger partial charge in [-0.15, -0.1) is 4.20 Å². The van der Waals surface area contributed by atoms with E-state index in [-0.39, 0.29) is 0 Å². The van der Waals surface area contributed by atoms with E-state index in [1.165, 1.54) is 0 Å².